The van der Waals surface area contributed by atoms with Gasteiger partial charge in [0.15, 0.2) is 0 Å². The van der Waals surface area contributed by atoms with Crippen LogP contribution in [0, 0.1) is 5.92 Å². The van der Waals surface area contributed by atoms with Crippen LogP contribution in [0.25, 0.3) is 0 Å². The lowest BCUT2D eigenvalue weighted by Gasteiger charge is -2.41. The minimum Gasteiger partial charge on any atom is -0.315 e. The van der Waals surface area contributed by atoms with E-state index in [4.69, 9.17) is 0 Å². The van der Waals surface area contributed by atoms with Crippen LogP contribution in [-0.4, -0.2) is 61.2 Å². The van der Waals surface area contributed by atoms with Crippen molar-refractivity contribution in [2.24, 2.45) is 5.92 Å². The molecule has 0 radical (unpaired) electrons. The summed E-state index contributed by atoms with van der Waals surface area (Å²) in [5.74, 6) is 0.798. The van der Waals surface area contributed by atoms with Crippen LogP contribution in [0.1, 0.15) is 33.6 Å². The minimum absolute atomic E-state index is 0.709. The second-order valence-electron chi connectivity index (χ2n) is 6.19. The van der Waals surface area contributed by atoms with Crippen molar-refractivity contribution in [2.45, 2.75) is 45.7 Å². The van der Waals surface area contributed by atoms with E-state index >= 15 is 0 Å². The zero-order valence-electron chi connectivity index (χ0n) is 11.8. The first-order chi connectivity index (χ1) is 8.16. The summed E-state index contributed by atoms with van der Waals surface area (Å²) in [7, 11) is 0. The van der Waals surface area contributed by atoms with E-state index in [0.29, 0.717) is 6.04 Å². The number of nitrogens with zero attached hydrogens (tertiary/aromatic N) is 2. The highest BCUT2D eigenvalue weighted by Crippen LogP contribution is 2.19. The van der Waals surface area contributed by atoms with Crippen LogP contribution < -0.4 is 5.32 Å². The number of hydrogen-bond donors (Lipinski definition) is 1. The van der Waals surface area contributed by atoms with Gasteiger partial charge in [-0.25, -0.2) is 0 Å². The van der Waals surface area contributed by atoms with Crippen molar-refractivity contribution in [3.63, 3.8) is 0 Å². The SMILES string of the molecule is CC1CNCCN(C2CCCN(C(C)C)C2)C1. The Labute approximate surface area is 107 Å². The largest absolute Gasteiger partial charge is 0.315 e. The van der Waals surface area contributed by atoms with Gasteiger partial charge in [0.05, 0.1) is 0 Å². The van der Waals surface area contributed by atoms with Gasteiger partial charge >= 0.3 is 0 Å². The van der Waals surface area contributed by atoms with Gasteiger partial charge in [0.2, 0.25) is 0 Å². The summed E-state index contributed by atoms with van der Waals surface area (Å²) in [6.45, 7) is 14.5. The fourth-order valence-electron chi connectivity index (χ4n) is 3.21. The maximum absolute atomic E-state index is 3.54. The maximum Gasteiger partial charge on any atom is 0.0224 e. The molecule has 2 aliphatic rings. The van der Waals surface area contributed by atoms with Gasteiger partial charge in [0, 0.05) is 38.3 Å². The lowest BCUT2D eigenvalue weighted by atomic mass is 10.0. The van der Waals surface area contributed by atoms with Crippen LogP contribution in [0.15, 0.2) is 0 Å². The third kappa shape index (κ3) is 3.67. The molecule has 3 heteroatoms. The zero-order valence-corrected chi connectivity index (χ0v) is 11.8. The molecular weight excluding hydrogens is 210 g/mol. The Morgan fingerprint density at radius 1 is 1.18 bits per heavy atom. The molecule has 17 heavy (non-hydrogen) atoms. The smallest absolute Gasteiger partial charge is 0.0224 e. The molecular formula is C14H29N3. The third-order valence-corrected chi connectivity index (χ3v) is 4.29. The molecule has 2 fully saturated rings. The van der Waals surface area contributed by atoms with Crippen molar-refractivity contribution in [1.29, 1.82) is 0 Å². The second kappa shape index (κ2) is 6.17. The van der Waals surface area contributed by atoms with Crippen molar-refractivity contribution in [3.8, 4) is 0 Å². The first-order valence-electron chi connectivity index (χ1n) is 7.35. The third-order valence-electron chi connectivity index (χ3n) is 4.29. The van der Waals surface area contributed by atoms with Crippen molar-refractivity contribution in [1.82, 2.24) is 15.1 Å². The molecule has 2 unspecified atom stereocenters. The van der Waals surface area contributed by atoms with Crippen LogP contribution in [0.4, 0.5) is 0 Å². The van der Waals surface area contributed by atoms with Gasteiger partial charge in [-0.3, -0.25) is 9.80 Å². The Kier molecular flexibility index (Phi) is 4.83. The van der Waals surface area contributed by atoms with Crippen LogP contribution in [0.2, 0.25) is 0 Å². The van der Waals surface area contributed by atoms with Gasteiger partial charge in [0.25, 0.3) is 0 Å². The standard InChI is InChI=1S/C14H29N3/c1-12(2)16-7-4-5-14(11-16)17-8-6-15-9-13(3)10-17/h12-15H,4-11H2,1-3H3. The predicted molar refractivity (Wildman–Crippen MR) is 73.3 cm³/mol. The van der Waals surface area contributed by atoms with Crippen molar-refractivity contribution in [2.75, 3.05) is 39.3 Å². The molecule has 100 valence electrons. The van der Waals surface area contributed by atoms with E-state index in [-0.39, 0.29) is 0 Å². The molecule has 0 bridgehead atoms. The molecule has 2 saturated heterocycles. The Balaban J connectivity index is 1.91. The summed E-state index contributed by atoms with van der Waals surface area (Å²) < 4.78 is 0. The number of rotatable bonds is 2. The highest BCUT2D eigenvalue weighted by atomic mass is 15.3. The average Bonchev–Trinajstić information content (AvgIpc) is 2.54. The lowest BCUT2D eigenvalue weighted by Crippen LogP contribution is -2.51. The summed E-state index contributed by atoms with van der Waals surface area (Å²) in [4.78, 5) is 5.39. The maximum atomic E-state index is 3.54. The first-order valence-corrected chi connectivity index (χ1v) is 7.35. The molecule has 2 heterocycles. The van der Waals surface area contributed by atoms with Crippen LogP contribution in [-0.2, 0) is 0 Å². The van der Waals surface area contributed by atoms with E-state index < -0.39 is 0 Å². The average molecular weight is 239 g/mol. The molecule has 0 aromatic heterocycles. The lowest BCUT2D eigenvalue weighted by molar-refractivity contribution is 0.0778. The Hall–Kier alpha value is -0.120. The summed E-state index contributed by atoms with van der Waals surface area (Å²) in [6.07, 6.45) is 2.77. The fourth-order valence-corrected chi connectivity index (χ4v) is 3.21. The normalized spacial score (nSPS) is 33.9. The summed E-state index contributed by atoms with van der Waals surface area (Å²) in [6, 6.07) is 1.51. The van der Waals surface area contributed by atoms with Gasteiger partial charge in [0.1, 0.15) is 0 Å². The van der Waals surface area contributed by atoms with Crippen LogP contribution in [0.3, 0.4) is 0 Å². The van der Waals surface area contributed by atoms with E-state index in [9.17, 15) is 0 Å². The number of piperidine rings is 1. The van der Waals surface area contributed by atoms with Crippen molar-refractivity contribution in [3.05, 3.63) is 0 Å². The molecule has 0 aromatic carbocycles. The number of hydrogen-bond acceptors (Lipinski definition) is 3. The Morgan fingerprint density at radius 2 is 2.00 bits per heavy atom. The number of nitrogens with one attached hydrogen (secondary N) is 1. The van der Waals surface area contributed by atoms with Gasteiger partial charge in [-0.05, 0) is 45.7 Å². The van der Waals surface area contributed by atoms with Gasteiger partial charge in [-0.2, -0.15) is 0 Å². The van der Waals surface area contributed by atoms with E-state index in [2.05, 4.69) is 35.9 Å². The fraction of sp³-hybridized carbons (Fsp3) is 1.00. The molecule has 0 saturated carbocycles. The molecule has 0 spiro atoms. The molecule has 2 atom stereocenters. The summed E-state index contributed by atoms with van der Waals surface area (Å²) >= 11 is 0. The summed E-state index contributed by atoms with van der Waals surface area (Å²) in [5, 5.41) is 3.54. The highest BCUT2D eigenvalue weighted by molar-refractivity contribution is 4.84. The highest BCUT2D eigenvalue weighted by Gasteiger charge is 2.27. The van der Waals surface area contributed by atoms with Crippen molar-refractivity contribution >= 4 is 0 Å². The molecule has 1 N–H and O–H groups in total. The van der Waals surface area contributed by atoms with Gasteiger partial charge < -0.3 is 5.32 Å². The topological polar surface area (TPSA) is 18.5 Å². The molecule has 0 aromatic rings. The zero-order chi connectivity index (χ0) is 12.3. The molecule has 0 amide bonds. The predicted octanol–water partition coefficient (Wildman–Crippen LogP) is 1.40. The minimum atomic E-state index is 0.709. The van der Waals surface area contributed by atoms with Crippen LogP contribution >= 0.6 is 0 Å². The van der Waals surface area contributed by atoms with Gasteiger partial charge in [-0.1, -0.05) is 6.92 Å². The van der Waals surface area contributed by atoms with E-state index in [0.717, 1.165) is 12.0 Å². The monoisotopic (exact) mass is 239 g/mol. The van der Waals surface area contributed by atoms with Crippen molar-refractivity contribution < 1.29 is 0 Å². The quantitative estimate of drug-likeness (QED) is 0.786. The van der Waals surface area contributed by atoms with E-state index in [1.807, 2.05) is 0 Å². The Morgan fingerprint density at radius 3 is 2.76 bits per heavy atom. The number of likely N-dealkylation sites (tertiary alicyclic amines) is 1. The first kappa shape index (κ1) is 13.3. The molecule has 3 nitrogen and oxygen atoms in total. The molecule has 2 rings (SSSR count). The van der Waals surface area contributed by atoms with E-state index in [1.165, 1.54) is 52.1 Å². The van der Waals surface area contributed by atoms with Crippen LogP contribution in [0.5, 0.6) is 0 Å². The molecule has 0 aliphatic carbocycles. The second-order valence-corrected chi connectivity index (χ2v) is 6.19. The molecule has 2 aliphatic heterocycles. The summed E-state index contributed by atoms with van der Waals surface area (Å²) in [5.41, 5.74) is 0. The van der Waals surface area contributed by atoms with E-state index in [1.54, 1.807) is 0 Å². The Bertz CT molecular complexity index is 230. The van der Waals surface area contributed by atoms with Gasteiger partial charge in [-0.15, -0.1) is 0 Å².